The first-order valence-electron chi connectivity index (χ1n) is 5.27. The van der Waals surface area contributed by atoms with Crippen molar-refractivity contribution in [3.05, 3.63) is 12.7 Å². The molecule has 0 saturated carbocycles. The second-order valence-corrected chi connectivity index (χ2v) is 4.02. The van der Waals surface area contributed by atoms with Crippen molar-refractivity contribution in [1.82, 2.24) is 0 Å². The Hall–Kier alpha value is -0.340. The average molecular weight is 182 g/mol. The molecule has 0 bridgehead atoms. The van der Waals surface area contributed by atoms with Gasteiger partial charge >= 0.3 is 0 Å². The Balaban J connectivity index is 1.90. The van der Waals surface area contributed by atoms with Crippen molar-refractivity contribution in [2.75, 3.05) is 6.61 Å². The minimum absolute atomic E-state index is 0.202. The van der Waals surface area contributed by atoms with Crippen molar-refractivity contribution in [1.29, 1.82) is 0 Å². The van der Waals surface area contributed by atoms with Gasteiger partial charge in [0.1, 0.15) is 0 Å². The summed E-state index contributed by atoms with van der Waals surface area (Å²) in [6.07, 6.45) is 8.99. The molecule has 2 aliphatic rings. The van der Waals surface area contributed by atoms with E-state index in [0.717, 1.165) is 32.3 Å². The quantitative estimate of drug-likeness (QED) is 0.611. The van der Waals surface area contributed by atoms with Gasteiger partial charge in [-0.05, 0) is 25.7 Å². The molecule has 2 nitrogen and oxygen atoms in total. The SMILES string of the molecule is C=CCC1CCC2(CCCCO2)O1. The van der Waals surface area contributed by atoms with Gasteiger partial charge in [-0.2, -0.15) is 0 Å². The maximum absolute atomic E-state index is 5.94. The van der Waals surface area contributed by atoms with E-state index in [1.54, 1.807) is 0 Å². The standard InChI is InChI=1S/C11H18O2/c1-2-5-10-6-8-11(13-10)7-3-4-9-12-11/h2,10H,1,3-9H2. The fraction of sp³-hybridized carbons (Fsp3) is 0.818. The van der Waals surface area contributed by atoms with Gasteiger partial charge in [0.25, 0.3) is 0 Å². The molecule has 2 unspecified atom stereocenters. The highest BCUT2D eigenvalue weighted by molar-refractivity contribution is 4.86. The Bertz CT molecular complexity index is 183. The van der Waals surface area contributed by atoms with E-state index in [1.165, 1.54) is 12.8 Å². The topological polar surface area (TPSA) is 18.5 Å². The molecule has 2 heteroatoms. The summed E-state index contributed by atoms with van der Waals surface area (Å²) in [6, 6.07) is 0. The van der Waals surface area contributed by atoms with Crippen LogP contribution in [0.25, 0.3) is 0 Å². The van der Waals surface area contributed by atoms with Crippen molar-refractivity contribution in [2.45, 2.75) is 50.4 Å². The Morgan fingerprint density at radius 3 is 3.00 bits per heavy atom. The molecule has 13 heavy (non-hydrogen) atoms. The van der Waals surface area contributed by atoms with Crippen LogP contribution in [-0.2, 0) is 9.47 Å². The molecule has 2 atom stereocenters. The van der Waals surface area contributed by atoms with Crippen LogP contribution in [0.1, 0.15) is 38.5 Å². The monoisotopic (exact) mass is 182 g/mol. The van der Waals surface area contributed by atoms with E-state index in [2.05, 4.69) is 6.58 Å². The van der Waals surface area contributed by atoms with Crippen LogP contribution in [0, 0.1) is 0 Å². The lowest BCUT2D eigenvalue weighted by molar-refractivity contribution is -0.244. The van der Waals surface area contributed by atoms with Gasteiger partial charge in [-0.3, -0.25) is 0 Å². The summed E-state index contributed by atoms with van der Waals surface area (Å²) in [6.45, 7) is 4.61. The van der Waals surface area contributed by atoms with E-state index >= 15 is 0 Å². The lowest BCUT2D eigenvalue weighted by Crippen LogP contribution is -2.36. The molecule has 2 aliphatic heterocycles. The molecule has 1 spiro atoms. The molecule has 0 aromatic carbocycles. The van der Waals surface area contributed by atoms with Crippen LogP contribution in [0.4, 0.5) is 0 Å². The Labute approximate surface area is 79.9 Å². The van der Waals surface area contributed by atoms with Gasteiger partial charge in [-0.25, -0.2) is 0 Å². The third-order valence-electron chi connectivity index (χ3n) is 2.98. The van der Waals surface area contributed by atoms with E-state index in [9.17, 15) is 0 Å². The molecule has 2 heterocycles. The lowest BCUT2D eigenvalue weighted by Gasteiger charge is -2.33. The minimum atomic E-state index is -0.202. The second-order valence-electron chi connectivity index (χ2n) is 4.02. The van der Waals surface area contributed by atoms with E-state index in [0.29, 0.717) is 6.10 Å². The maximum atomic E-state index is 5.94. The molecule has 0 N–H and O–H groups in total. The first-order chi connectivity index (χ1) is 6.35. The van der Waals surface area contributed by atoms with Crippen molar-refractivity contribution < 1.29 is 9.47 Å². The lowest BCUT2D eigenvalue weighted by atomic mass is 10.0. The zero-order valence-corrected chi connectivity index (χ0v) is 8.13. The molecule has 2 rings (SSSR count). The zero-order chi connectivity index (χ0) is 9.15. The van der Waals surface area contributed by atoms with Crippen LogP contribution in [0.2, 0.25) is 0 Å². The molecule has 0 aromatic heterocycles. The first kappa shape index (κ1) is 9.22. The number of rotatable bonds is 2. The van der Waals surface area contributed by atoms with Crippen molar-refractivity contribution in [2.24, 2.45) is 0 Å². The predicted octanol–water partition coefficient (Wildman–Crippen LogP) is 2.64. The highest BCUT2D eigenvalue weighted by Crippen LogP contribution is 2.39. The molecule has 0 aliphatic carbocycles. The van der Waals surface area contributed by atoms with Gasteiger partial charge in [0.15, 0.2) is 5.79 Å². The maximum Gasteiger partial charge on any atom is 0.168 e. The fourth-order valence-electron chi connectivity index (χ4n) is 2.27. The van der Waals surface area contributed by atoms with Crippen LogP contribution in [-0.4, -0.2) is 18.5 Å². The second kappa shape index (κ2) is 3.81. The average Bonchev–Trinajstić information content (AvgIpc) is 2.51. The van der Waals surface area contributed by atoms with E-state index < -0.39 is 0 Å². The van der Waals surface area contributed by atoms with E-state index in [4.69, 9.17) is 9.47 Å². The summed E-state index contributed by atoms with van der Waals surface area (Å²) in [5.41, 5.74) is 0. The van der Waals surface area contributed by atoms with Crippen LogP contribution < -0.4 is 0 Å². The van der Waals surface area contributed by atoms with Crippen LogP contribution in [0.3, 0.4) is 0 Å². The van der Waals surface area contributed by atoms with Gasteiger partial charge in [0, 0.05) is 12.8 Å². The summed E-state index contributed by atoms with van der Waals surface area (Å²) < 4.78 is 11.7. The van der Waals surface area contributed by atoms with Gasteiger partial charge < -0.3 is 9.47 Å². The predicted molar refractivity (Wildman–Crippen MR) is 51.5 cm³/mol. The molecule has 0 amide bonds. The van der Waals surface area contributed by atoms with Crippen LogP contribution in [0.5, 0.6) is 0 Å². The summed E-state index contributed by atoms with van der Waals surface area (Å²) in [5, 5.41) is 0. The highest BCUT2D eigenvalue weighted by atomic mass is 16.7. The largest absolute Gasteiger partial charge is 0.350 e. The minimum Gasteiger partial charge on any atom is -0.350 e. The highest BCUT2D eigenvalue weighted by Gasteiger charge is 2.41. The number of ether oxygens (including phenoxy) is 2. The van der Waals surface area contributed by atoms with E-state index in [1.807, 2.05) is 6.08 Å². The van der Waals surface area contributed by atoms with Gasteiger partial charge in [-0.1, -0.05) is 6.08 Å². The fourth-order valence-corrected chi connectivity index (χ4v) is 2.27. The van der Waals surface area contributed by atoms with Gasteiger partial charge in [-0.15, -0.1) is 6.58 Å². The molecular formula is C11H18O2. The summed E-state index contributed by atoms with van der Waals surface area (Å²) >= 11 is 0. The van der Waals surface area contributed by atoms with Crippen molar-refractivity contribution >= 4 is 0 Å². The zero-order valence-electron chi connectivity index (χ0n) is 8.13. The summed E-state index contributed by atoms with van der Waals surface area (Å²) in [5.74, 6) is -0.202. The number of hydrogen-bond acceptors (Lipinski definition) is 2. The molecule has 74 valence electrons. The van der Waals surface area contributed by atoms with Crippen LogP contribution >= 0.6 is 0 Å². The molecule has 2 saturated heterocycles. The molecular weight excluding hydrogens is 164 g/mol. The molecule has 0 radical (unpaired) electrons. The Kier molecular flexibility index (Phi) is 2.70. The Morgan fingerprint density at radius 2 is 2.31 bits per heavy atom. The van der Waals surface area contributed by atoms with Gasteiger partial charge in [0.05, 0.1) is 12.7 Å². The van der Waals surface area contributed by atoms with Crippen LogP contribution in [0.15, 0.2) is 12.7 Å². The molecule has 2 fully saturated rings. The third kappa shape index (κ3) is 1.94. The Morgan fingerprint density at radius 1 is 1.38 bits per heavy atom. The normalized spacial score (nSPS) is 39.5. The smallest absolute Gasteiger partial charge is 0.168 e. The van der Waals surface area contributed by atoms with Crippen molar-refractivity contribution in [3.63, 3.8) is 0 Å². The molecule has 0 aromatic rings. The summed E-state index contributed by atoms with van der Waals surface area (Å²) in [7, 11) is 0. The third-order valence-corrected chi connectivity index (χ3v) is 2.98. The van der Waals surface area contributed by atoms with Crippen molar-refractivity contribution in [3.8, 4) is 0 Å². The first-order valence-corrected chi connectivity index (χ1v) is 5.27. The summed E-state index contributed by atoms with van der Waals surface area (Å²) in [4.78, 5) is 0. The number of hydrogen-bond donors (Lipinski definition) is 0. The van der Waals surface area contributed by atoms with Gasteiger partial charge in [0.2, 0.25) is 0 Å². The van der Waals surface area contributed by atoms with E-state index in [-0.39, 0.29) is 5.79 Å².